The molecule has 0 fully saturated rings. The van der Waals surface area contributed by atoms with Crippen LogP contribution in [0.15, 0.2) is 72.9 Å². The second-order valence-corrected chi connectivity index (χ2v) is 3.17. The molecule has 0 unspecified atom stereocenters. The summed E-state index contributed by atoms with van der Waals surface area (Å²) in [6, 6.07) is 0. The first-order valence-corrected chi connectivity index (χ1v) is 4.84. The van der Waals surface area contributed by atoms with Gasteiger partial charge in [0, 0.05) is 5.92 Å². The van der Waals surface area contributed by atoms with Gasteiger partial charge in [0.05, 0.1) is 0 Å². The second kappa shape index (κ2) is 5.98. The largest absolute Gasteiger partial charge is 0.0918 e. The Bertz CT molecular complexity index is 306. The van der Waals surface area contributed by atoms with Crippen molar-refractivity contribution >= 4 is 0 Å². The average Bonchev–Trinajstić information content (AvgIpc) is 2.21. The highest BCUT2D eigenvalue weighted by Gasteiger charge is 1.97. The van der Waals surface area contributed by atoms with Gasteiger partial charge in [0.2, 0.25) is 0 Å². The first-order chi connectivity index (χ1) is 6.83. The molecular formula is C14H16. The van der Waals surface area contributed by atoms with Gasteiger partial charge in [-0.05, 0) is 12.5 Å². The van der Waals surface area contributed by atoms with Crippen LogP contribution in [0.25, 0.3) is 0 Å². The summed E-state index contributed by atoms with van der Waals surface area (Å²) in [5.41, 5.74) is 1.07. The Morgan fingerprint density at radius 1 is 1.07 bits per heavy atom. The van der Waals surface area contributed by atoms with Crippen LogP contribution in [0.1, 0.15) is 6.92 Å². The van der Waals surface area contributed by atoms with Gasteiger partial charge in [-0.3, -0.25) is 0 Å². The molecule has 14 heavy (non-hydrogen) atoms. The zero-order chi connectivity index (χ0) is 10.2. The minimum atomic E-state index is 0.413. The van der Waals surface area contributed by atoms with Gasteiger partial charge in [0.1, 0.15) is 0 Å². The Hall–Kier alpha value is -1.56. The molecular weight excluding hydrogens is 168 g/mol. The summed E-state index contributed by atoms with van der Waals surface area (Å²) in [5, 5.41) is 0. The summed E-state index contributed by atoms with van der Waals surface area (Å²) in [6.45, 7) is 5.85. The first kappa shape index (κ1) is 10.5. The van der Waals surface area contributed by atoms with Crippen LogP contribution in [0.5, 0.6) is 0 Å². The molecule has 0 radical (unpaired) electrons. The maximum atomic E-state index is 3.85. The fourth-order valence-electron chi connectivity index (χ4n) is 1.15. The zero-order valence-electron chi connectivity index (χ0n) is 8.56. The molecule has 0 aromatic carbocycles. The maximum Gasteiger partial charge on any atom is 0.0137 e. The standard InChI is InChI=1S/C14H16/c1-3-4-5-6-7-8-14-11-9-13(2)10-12-14/h3-12,14H,2H2,1H3/b4-3+,6-5-,8-7+. The van der Waals surface area contributed by atoms with Crippen LogP contribution in [0, 0.1) is 5.92 Å². The molecule has 0 spiro atoms. The highest BCUT2D eigenvalue weighted by Crippen LogP contribution is 2.13. The van der Waals surface area contributed by atoms with Crippen LogP contribution in [0.2, 0.25) is 0 Å². The van der Waals surface area contributed by atoms with E-state index >= 15 is 0 Å². The van der Waals surface area contributed by atoms with Crippen LogP contribution < -0.4 is 0 Å². The van der Waals surface area contributed by atoms with E-state index in [9.17, 15) is 0 Å². The van der Waals surface area contributed by atoms with Gasteiger partial charge < -0.3 is 0 Å². The first-order valence-electron chi connectivity index (χ1n) is 4.84. The van der Waals surface area contributed by atoms with Crippen molar-refractivity contribution in [3.05, 3.63) is 72.9 Å². The third-order valence-electron chi connectivity index (χ3n) is 1.92. The van der Waals surface area contributed by atoms with E-state index in [0.29, 0.717) is 5.92 Å². The lowest BCUT2D eigenvalue weighted by Crippen LogP contribution is -1.90. The molecule has 0 atom stereocenters. The van der Waals surface area contributed by atoms with Crippen molar-refractivity contribution < 1.29 is 0 Å². The smallest absolute Gasteiger partial charge is 0.0137 e. The second-order valence-electron chi connectivity index (χ2n) is 3.17. The Balaban J connectivity index is 2.42. The van der Waals surface area contributed by atoms with Crippen LogP contribution in [0.3, 0.4) is 0 Å². The molecule has 0 heterocycles. The molecule has 0 nitrogen and oxygen atoms in total. The summed E-state index contributed by atoms with van der Waals surface area (Å²) < 4.78 is 0. The molecule has 72 valence electrons. The predicted octanol–water partition coefficient (Wildman–Crippen LogP) is 3.97. The normalized spacial score (nSPS) is 18.2. The van der Waals surface area contributed by atoms with E-state index in [-0.39, 0.29) is 0 Å². The van der Waals surface area contributed by atoms with Crippen LogP contribution >= 0.6 is 0 Å². The summed E-state index contributed by atoms with van der Waals surface area (Å²) in [4.78, 5) is 0. The lowest BCUT2D eigenvalue weighted by atomic mass is 10.0. The molecule has 1 rings (SSSR count). The summed E-state index contributed by atoms with van der Waals surface area (Å²) in [5.74, 6) is 0.413. The molecule has 0 aromatic heterocycles. The van der Waals surface area contributed by atoms with Gasteiger partial charge in [-0.15, -0.1) is 0 Å². The van der Waals surface area contributed by atoms with Gasteiger partial charge in [-0.25, -0.2) is 0 Å². The fourth-order valence-corrected chi connectivity index (χ4v) is 1.15. The number of hydrogen-bond acceptors (Lipinski definition) is 0. The number of rotatable bonds is 3. The molecule has 0 N–H and O–H groups in total. The SMILES string of the molecule is C=C1C=CC(/C=C/C=C\C=C\C)C=C1. The van der Waals surface area contributed by atoms with Crippen LogP contribution in [-0.2, 0) is 0 Å². The minimum absolute atomic E-state index is 0.413. The summed E-state index contributed by atoms with van der Waals surface area (Å²) in [6.07, 6.45) is 20.7. The van der Waals surface area contributed by atoms with E-state index in [4.69, 9.17) is 0 Å². The number of hydrogen-bond donors (Lipinski definition) is 0. The minimum Gasteiger partial charge on any atom is -0.0918 e. The molecule has 0 aliphatic heterocycles. The lowest BCUT2D eigenvalue weighted by molar-refractivity contribution is 1.05. The van der Waals surface area contributed by atoms with Crippen molar-refractivity contribution in [1.29, 1.82) is 0 Å². The van der Waals surface area contributed by atoms with E-state index in [1.807, 2.05) is 43.4 Å². The number of allylic oxidation sites excluding steroid dienone is 11. The molecule has 0 aromatic rings. The molecule has 0 bridgehead atoms. The zero-order valence-corrected chi connectivity index (χ0v) is 8.56. The van der Waals surface area contributed by atoms with E-state index in [1.165, 1.54) is 0 Å². The van der Waals surface area contributed by atoms with E-state index < -0.39 is 0 Å². The molecule has 0 saturated heterocycles. The molecule has 0 heteroatoms. The predicted molar refractivity (Wildman–Crippen MR) is 64.0 cm³/mol. The highest BCUT2D eigenvalue weighted by atomic mass is 14.0. The third-order valence-corrected chi connectivity index (χ3v) is 1.92. The van der Waals surface area contributed by atoms with Crippen molar-refractivity contribution in [2.75, 3.05) is 0 Å². The van der Waals surface area contributed by atoms with Crippen molar-refractivity contribution in [3.63, 3.8) is 0 Å². The van der Waals surface area contributed by atoms with Gasteiger partial charge in [-0.1, -0.05) is 67.3 Å². The molecule has 0 saturated carbocycles. The highest BCUT2D eigenvalue weighted by molar-refractivity contribution is 5.35. The van der Waals surface area contributed by atoms with Gasteiger partial charge in [0.25, 0.3) is 0 Å². The molecule has 1 aliphatic rings. The van der Waals surface area contributed by atoms with Crippen molar-refractivity contribution in [2.24, 2.45) is 5.92 Å². The van der Waals surface area contributed by atoms with Crippen LogP contribution in [-0.4, -0.2) is 0 Å². The monoisotopic (exact) mass is 184 g/mol. The van der Waals surface area contributed by atoms with E-state index in [1.54, 1.807) is 0 Å². The average molecular weight is 184 g/mol. The van der Waals surface area contributed by atoms with Gasteiger partial charge in [0.15, 0.2) is 0 Å². The van der Waals surface area contributed by atoms with Gasteiger partial charge >= 0.3 is 0 Å². The van der Waals surface area contributed by atoms with Crippen LogP contribution in [0.4, 0.5) is 0 Å². The Labute approximate surface area is 86.3 Å². The Morgan fingerprint density at radius 3 is 2.36 bits per heavy atom. The molecule has 1 aliphatic carbocycles. The topological polar surface area (TPSA) is 0 Å². The van der Waals surface area contributed by atoms with Gasteiger partial charge in [-0.2, -0.15) is 0 Å². The summed E-state index contributed by atoms with van der Waals surface area (Å²) >= 11 is 0. The Kier molecular flexibility index (Phi) is 4.49. The van der Waals surface area contributed by atoms with Crippen molar-refractivity contribution in [2.45, 2.75) is 6.92 Å². The van der Waals surface area contributed by atoms with E-state index in [0.717, 1.165) is 5.57 Å². The summed E-state index contributed by atoms with van der Waals surface area (Å²) in [7, 11) is 0. The van der Waals surface area contributed by atoms with E-state index in [2.05, 4.69) is 30.9 Å². The quantitative estimate of drug-likeness (QED) is 0.582. The van der Waals surface area contributed by atoms with Crippen molar-refractivity contribution in [1.82, 2.24) is 0 Å². The fraction of sp³-hybridized carbons (Fsp3) is 0.143. The molecule has 0 amide bonds. The van der Waals surface area contributed by atoms with Crippen molar-refractivity contribution in [3.8, 4) is 0 Å². The Morgan fingerprint density at radius 2 is 1.71 bits per heavy atom. The lowest BCUT2D eigenvalue weighted by Gasteiger charge is -2.05. The maximum absolute atomic E-state index is 3.85. The third kappa shape index (κ3) is 3.90.